The Hall–Kier alpha value is -1.54. The number of benzene rings is 1. The van der Waals surface area contributed by atoms with Crippen molar-refractivity contribution in [3.63, 3.8) is 0 Å². The molecule has 0 atom stereocenters. The number of rotatable bonds is 8. The lowest BCUT2D eigenvalue weighted by Crippen LogP contribution is -2.15. The van der Waals surface area contributed by atoms with Crippen LogP contribution in [0.15, 0.2) is 47.3 Å². The molecule has 0 aliphatic heterocycles. The third-order valence-electron chi connectivity index (χ3n) is 3.61. The third kappa shape index (κ3) is 5.04. The summed E-state index contributed by atoms with van der Waals surface area (Å²) in [5, 5.41) is 4.39. The highest BCUT2D eigenvalue weighted by atomic mass is 32.5. The Bertz CT molecular complexity index is 1030. The molecule has 1 aromatic carbocycles. The van der Waals surface area contributed by atoms with Gasteiger partial charge in [0.25, 0.3) is 12.2 Å². The highest BCUT2D eigenvalue weighted by molar-refractivity contribution is 8.08. The van der Waals surface area contributed by atoms with Gasteiger partial charge in [-0.25, -0.2) is 10.1 Å². The summed E-state index contributed by atoms with van der Waals surface area (Å²) in [5.74, 6) is 0. The average Bonchev–Trinajstić information content (AvgIpc) is 2.67. The Labute approximate surface area is 166 Å². The molecule has 2 heterocycles. The fraction of sp³-hybridized carbons (Fsp3) is 0.278. The molecule has 0 saturated heterocycles. The molecule has 0 saturated carbocycles. The molecule has 0 unspecified atom stereocenters. The summed E-state index contributed by atoms with van der Waals surface area (Å²) >= 11 is 6.92. The Morgan fingerprint density at radius 3 is 2.56 bits per heavy atom. The van der Waals surface area contributed by atoms with Gasteiger partial charge in [-0.2, -0.15) is 4.98 Å². The van der Waals surface area contributed by atoms with E-state index in [1.54, 1.807) is 6.07 Å². The molecule has 0 amide bonds. The standard InChI is InChI=1S/C18H20N3O3PS2/c1-3-23-25(26,24-4-2)19-12-13-8-7-10-15(20-13)18-21-17(22)14-9-5-6-11-16(14)27-18/h5-11H,3-4,12H2,1-2H3,(H,19,26). The number of pyridine rings is 1. The summed E-state index contributed by atoms with van der Waals surface area (Å²) in [6.45, 7) is 2.60. The first-order valence-electron chi connectivity index (χ1n) is 8.55. The molecule has 2 aromatic heterocycles. The van der Waals surface area contributed by atoms with E-state index in [0.717, 1.165) is 10.4 Å². The van der Waals surface area contributed by atoms with E-state index in [0.29, 0.717) is 35.8 Å². The van der Waals surface area contributed by atoms with Gasteiger partial charge in [0.15, 0.2) is 0 Å². The molecule has 0 aliphatic rings. The minimum absolute atomic E-state index is 0.243. The zero-order valence-electron chi connectivity index (χ0n) is 15.0. The van der Waals surface area contributed by atoms with Crippen molar-refractivity contribution in [2.75, 3.05) is 13.2 Å². The molecular weight excluding hydrogens is 401 g/mol. The highest BCUT2D eigenvalue weighted by Gasteiger charge is 2.17. The van der Waals surface area contributed by atoms with Crippen molar-refractivity contribution in [1.82, 2.24) is 15.1 Å². The van der Waals surface area contributed by atoms with Crippen LogP contribution < -0.4 is 10.6 Å². The SMILES string of the molecule is CCOP(=S)(NCc1cccc(-c2nc(=O)c3ccccc3s2)n1)OCC. The third-order valence-corrected chi connectivity index (χ3v) is 7.44. The minimum atomic E-state index is -2.53. The molecule has 3 rings (SSSR count). The number of hydrogen-bond acceptors (Lipinski definition) is 7. The molecule has 9 heteroatoms. The number of nitrogens with one attached hydrogen (secondary N) is 1. The van der Waals surface area contributed by atoms with Crippen molar-refractivity contribution in [3.8, 4) is 10.7 Å². The number of aromatic nitrogens is 2. The maximum atomic E-state index is 12.3. The van der Waals surface area contributed by atoms with Gasteiger partial charge < -0.3 is 9.05 Å². The molecule has 0 spiro atoms. The molecule has 0 fully saturated rings. The van der Waals surface area contributed by atoms with Gasteiger partial charge in [0.1, 0.15) is 5.01 Å². The Kier molecular flexibility index (Phi) is 6.81. The van der Waals surface area contributed by atoms with Crippen LogP contribution in [0.3, 0.4) is 0 Å². The topological polar surface area (TPSA) is 73.3 Å². The van der Waals surface area contributed by atoms with Gasteiger partial charge in [-0.3, -0.25) is 4.79 Å². The largest absolute Gasteiger partial charge is 0.318 e. The van der Waals surface area contributed by atoms with Crippen LogP contribution in [0.2, 0.25) is 0 Å². The van der Waals surface area contributed by atoms with Crippen LogP contribution in [-0.4, -0.2) is 23.2 Å². The second-order valence-electron chi connectivity index (χ2n) is 5.50. The molecule has 27 heavy (non-hydrogen) atoms. The fourth-order valence-electron chi connectivity index (χ4n) is 2.46. The lowest BCUT2D eigenvalue weighted by atomic mass is 10.3. The zero-order valence-corrected chi connectivity index (χ0v) is 17.6. The number of fused-ring (bicyclic) bond motifs is 1. The molecule has 142 valence electrons. The Balaban J connectivity index is 1.86. The van der Waals surface area contributed by atoms with Gasteiger partial charge >= 0.3 is 0 Å². The zero-order chi connectivity index (χ0) is 19.3. The smallest absolute Gasteiger partial charge is 0.279 e. The molecular formula is C18H20N3O3PS2. The van der Waals surface area contributed by atoms with E-state index < -0.39 is 6.64 Å². The van der Waals surface area contributed by atoms with E-state index in [2.05, 4.69) is 15.1 Å². The maximum absolute atomic E-state index is 12.3. The van der Waals surface area contributed by atoms with Crippen LogP contribution >= 0.6 is 18.0 Å². The lowest BCUT2D eigenvalue weighted by molar-refractivity contribution is 0.258. The number of nitrogens with zero attached hydrogens (tertiary/aromatic N) is 2. The monoisotopic (exact) mass is 421 g/mol. The predicted octanol–water partition coefficient (Wildman–Crippen LogP) is 4.11. The summed E-state index contributed by atoms with van der Waals surface area (Å²) in [4.78, 5) is 21.1. The van der Waals surface area contributed by atoms with Gasteiger partial charge in [0.2, 0.25) is 0 Å². The number of hydrogen-bond donors (Lipinski definition) is 1. The van der Waals surface area contributed by atoms with Gasteiger partial charge in [-0.05, 0) is 49.9 Å². The van der Waals surface area contributed by atoms with E-state index in [-0.39, 0.29) is 5.56 Å². The fourth-order valence-corrected chi connectivity index (χ4v) is 5.55. The summed E-state index contributed by atoms with van der Waals surface area (Å²) in [6, 6.07) is 13.1. The summed E-state index contributed by atoms with van der Waals surface area (Å²) < 4.78 is 12.1. The molecule has 6 nitrogen and oxygen atoms in total. The van der Waals surface area contributed by atoms with Crippen molar-refractivity contribution in [3.05, 3.63) is 58.5 Å². The minimum Gasteiger partial charge on any atom is -0.318 e. The van der Waals surface area contributed by atoms with Crippen molar-refractivity contribution in [2.45, 2.75) is 20.4 Å². The van der Waals surface area contributed by atoms with Crippen molar-refractivity contribution >= 4 is 39.9 Å². The molecule has 0 aliphatic carbocycles. The molecule has 0 bridgehead atoms. The van der Waals surface area contributed by atoms with Gasteiger partial charge in [-0.1, -0.05) is 18.2 Å². The Morgan fingerprint density at radius 1 is 1.07 bits per heavy atom. The van der Waals surface area contributed by atoms with E-state index in [9.17, 15) is 4.79 Å². The van der Waals surface area contributed by atoms with Crippen LogP contribution in [-0.2, 0) is 27.4 Å². The van der Waals surface area contributed by atoms with Gasteiger partial charge in [0.05, 0.1) is 30.0 Å². The van der Waals surface area contributed by atoms with Crippen LogP contribution in [0.5, 0.6) is 0 Å². The second kappa shape index (κ2) is 9.10. The maximum Gasteiger partial charge on any atom is 0.279 e. The van der Waals surface area contributed by atoms with E-state index in [4.69, 9.17) is 20.9 Å². The highest BCUT2D eigenvalue weighted by Crippen LogP contribution is 2.44. The van der Waals surface area contributed by atoms with Gasteiger partial charge in [0, 0.05) is 11.2 Å². The van der Waals surface area contributed by atoms with Crippen molar-refractivity contribution < 1.29 is 9.05 Å². The van der Waals surface area contributed by atoms with Crippen LogP contribution in [0, 0.1) is 0 Å². The molecule has 3 aromatic rings. The second-order valence-corrected chi connectivity index (χ2v) is 9.80. The van der Waals surface area contributed by atoms with Gasteiger partial charge in [-0.15, -0.1) is 11.3 Å². The summed E-state index contributed by atoms with van der Waals surface area (Å²) in [6.07, 6.45) is 0. The quantitative estimate of drug-likeness (QED) is 0.549. The van der Waals surface area contributed by atoms with Crippen LogP contribution in [0.25, 0.3) is 20.8 Å². The first-order valence-corrected chi connectivity index (χ1v) is 12.0. The average molecular weight is 421 g/mol. The molecule has 1 N–H and O–H groups in total. The van der Waals surface area contributed by atoms with Crippen LogP contribution in [0.4, 0.5) is 0 Å². The lowest BCUT2D eigenvalue weighted by Gasteiger charge is -2.21. The summed E-state index contributed by atoms with van der Waals surface area (Å²) in [7, 11) is 0. The first-order chi connectivity index (χ1) is 13.0. The first kappa shape index (κ1) is 20.2. The van der Waals surface area contributed by atoms with Crippen molar-refractivity contribution in [2.24, 2.45) is 0 Å². The summed E-state index contributed by atoms with van der Waals surface area (Å²) in [5.41, 5.74) is 1.19. The van der Waals surface area contributed by atoms with E-state index in [1.165, 1.54) is 11.3 Å². The van der Waals surface area contributed by atoms with E-state index in [1.807, 2.05) is 50.2 Å². The Morgan fingerprint density at radius 2 is 1.81 bits per heavy atom. The van der Waals surface area contributed by atoms with E-state index >= 15 is 0 Å². The van der Waals surface area contributed by atoms with Crippen LogP contribution in [0.1, 0.15) is 19.5 Å². The normalized spacial score (nSPS) is 11.8. The molecule has 0 radical (unpaired) electrons. The van der Waals surface area contributed by atoms with Crippen molar-refractivity contribution in [1.29, 1.82) is 0 Å². The predicted molar refractivity (Wildman–Crippen MR) is 113 cm³/mol.